The van der Waals surface area contributed by atoms with Crippen LogP contribution in [0, 0.1) is 5.92 Å². The molecule has 2 heteroatoms. The average molecular weight is 375 g/mol. The average Bonchev–Trinajstić information content (AvgIpc) is 2.68. The van der Waals surface area contributed by atoms with Gasteiger partial charge >= 0.3 is 5.97 Å². The van der Waals surface area contributed by atoms with Gasteiger partial charge < -0.3 is 5.11 Å². The van der Waals surface area contributed by atoms with Gasteiger partial charge in [0.05, 0.1) is 5.92 Å². The number of benzene rings is 1. The topological polar surface area (TPSA) is 37.3 Å². The summed E-state index contributed by atoms with van der Waals surface area (Å²) in [6.07, 6.45) is 20.8. The maximum Gasteiger partial charge on any atom is 0.306 e. The third kappa shape index (κ3) is 14.4. The molecule has 0 aliphatic carbocycles. The lowest BCUT2D eigenvalue weighted by atomic mass is 10.0. The molecule has 0 fully saturated rings. The molecule has 0 amide bonds. The fourth-order valence-corrected chi connectivity index (χ4v) is 3.67. The molecule has 0 aliphatic heterocycles. The van der Waals surface area contributed by atoms with Gasteiger partial charge in [-0.1, -0.05) is 121 Å². The van der Waals surface area contributed by atoms with E-state index in [1.54, 1.807) is 0 Å². The van der Waals surface area contributed by atoms with Crippen molar-refractivity contribution in [2.75, 3.05) is 0 Å². The summed E-state index contributed by atoms with van der Waals surface area (Å²) in [5, 5.41) is 8.84. The summed E-state index contributed by atoms with van der Waals surface area (Å²) in [5.74, 6) is -0.823. The number of carboxylic acids is 1. The van der Waals surface area contributed by atoms with Crippen LogP contribution in [-0.4, -0.2) is 11.1 Å². The smallest absolute Gasteiger partial charge is 0.306 e. The van der Waals surface area contributed by atoms with E-state index in [-0.39, 0.29) is 5.92 Å². The molecule has 0 saturated carbocycles. The standard InChI is InChI=1S/C25H42O2/c1-23(25(26)27)19-15-12-10-8-6-4-2-3-5-7-9-11-13-16-20-24-21-17-14-18-22-24/h14,17-18,21-23H,2-13,15-16,19-20H2,1H3,(H,26,27). The second-order valence-electron chi connectivity index (χ2n) is 8.21. The minimum atomic E-state index is -0.651. The van der Waals surface area contributed by atoms with Crippen LogP contribution in [0.3, 0.4) is 0 Å². The summed E-state index contributed by atoms with van der Waals surface area (Å²) in [5.41, 5.74) is 1.48. The lowest BCUT2D eigenvalue weighted by Crippen LogP contribution is -2.08. The zero-order valence-corrected chi connectivity index (χ0v) is 17.6. The third-order valence-corrected chi connectivity index (χ3v) is 5.62. The molecule has 154 valence electrons. The Morgan fingerprint density at radius 1 is 0.704 bits per heavy atom. The van der Waals surface area contributed by atoms with Gasteiger partial charge in [0.25, 0.3) is 0 Å². The highest BCUT2D eigenvalue weighted by atomic mass is 16.4. The Morgan fingerprint density at radius 2 is 1.11 bits per heavy atom. The SMILES string of the molecule is CC(CCCCCCCCCCCCCCCCc1ccccc1)C(=O)O. The third-order valence-electron chi connectivity index (χ3n) is 5.62. The van der Waals surface area contributed by atoms with Crippen LogP contribution < -0.4 is 0 Å². The summed E-state index contributed by atoms with van der Waals surface area (Å²) in [6.45, 7) is 1.81. The first kappa shape index (κ1) is 23.7. The molecule has 0 bridgehead atoms. The van der Waals surface area contributed by atoms with Crippen molar-refractivity contribution in [3.63, 3.8) is 0 Å². The number of unbranched alkanes of at least 4 members (excludes halogenated alkanes) is 13. The Bertz CT molecular complexity index is 455. The summed E-state index contributed by atoms with van der Waals surface area (Å²) >= 11 is 0. The van der Waals surface area contributed by atoms with Crippen molar-refractivity contribution in [1.82, 2.24) is 0 Å². The first-order valence-electron chi connectivity index (χ1n) is 11.5. The molecule has 1 aromatic carbocycles. The van der Waals surface area contributed by atoms with E-state index in [0.29, 0.717) is 0 Å². The van der Waals surface area contributed by atoms with Crippen molar-refractivity contribution in [3.8, 4) is 0 Å². The predicted molar refractivity (Wildman–Crippen MR) is 116 cm³/mol. The molecule has 2 nitrogen and oxygen atoms in total. The van der Waals surface area contributed by atoms with Crippen LogP contribution in [0.25, 0.3) is 0 Å². The van der Waals surface area contributed by atoms with Gasteiger partial charge in [0.15, 0.2) is 0 Å². The number of hydrogen-bond acceptors (Lipinski definition) is 1. The molecule has 0 saturated heterocycles. The van der Waals surface area contributed by atoms with Crippen molar-refractivity contribution >= 4 is 5.97 Å². The van der Waals surface area contributed by atoms with Gasteiger partial charge in [-0.05, 0) is 24.8 Å². The van der Waals surface area contributed by atoms with Crippen molar-refractivity contribution < 1.29 is 9.90 Å². The lowest BCUT2D eigenvalue weighted by molar-refractivity contribution is -0.141. The van der Waals surface area contributed by atoms with Gasteiger partial charge in [0.1, 0.15) is 0 Å². The van der Waals surface area contributed by atoms with Crippen molar-refractivity contribution in [2.24, 2.45) is 5.92 Å². The Hall–Kier alpha value is -1.31. The number of rotatable bonds is 18. The minimum Gasteiger partial charge on any atom is -0.481 e. The second kappa shape index (κ2) is 16.8. The maximum atomic E-state index is 10.7. The van der Waals surface area contributed by atoms with E-state index in [1.807, 2.05) is 6.92 Å². The highest BCUT2D eigenvalue weighted by Gasteiger charge is 2.09. The number of hydrogen-bond donors (Lipinski definition) is 1. The van der Waals surface area contributed by atoms with Crippen molar-refractivity contribution in [3.05, 3.63) is 35.9 Å². The molecule has 1 N–H and O–H groups in total. The normalized spacial score (nSPS) is 12.2. The molecule has 1 aromatic rings. The van der Waals surface area contributed by atoms with Crippen molar-refractivity contribution in [2.45, 2.75) is 110 Å². The monoisotopic (exact) mass is 374 g/mol. The molecular weight excluding hydrogens is 332 g/mol. The Balaban J connectivity index is 1.72. The maximum absolute atomic E-state index is 10.7. The van der Waals surface area contributed by atoms with Gasteiger partial charge in [0, 0.05) is 0 Å². The van der Waals surface area contributed by atoms with Gasteiger partial charge in [-0.3, -0.25) is 4.79 Å². The Labute approximate surface area is 167 Å². The zero-order valence-electron chi connectivity index (χ0n) is 17.6. The number of aryl methyl sites for hydroxylation is 1. The van der Waals surface area contributed by atoms with Crippen LogP contribution in [0.1, 0.15) is 109 Å². The molecule has 0 radical (unpaired) electrons. The first-order valence-corrected chi connectivity index (χ1v) is 11.5. The van der Waals surface area contributed by atoms with E-state index in [1.165, 1.54) is 95.5 Å². The molecule has 1 atom stereocenters. The number of aliphatic carboxylic acids is 1. The van der Waals surface area contributed by atoms with E-state index in [4.69, 9.17) is 5.11 Å². The predicted octanol–water partition coefficient (Wildman–Crippen LogP) is 7.80. The second-order valence-corrected chi connectivity index (χ2v) is 8.21. The molecule has 1 unspecified atom stereocenters. The molecule has 0 aliphatic rings. The van der Waals surface area contributed by atoms with Gasteiger partial charge in [-0.25, -0.2) is 0 Å². The highest BCUT2D eigenvalue weighted by molar-refractivity contribution is 5.69. The fourth-order valence-electron chi connectivity index (χ4n) is 3.67. The molecule has 0 aromatic heterocycles. The fraction of sp³-hybridized carbons (Fsp3) is 0.720. The molecule has 27 heavy (non-hydrogen) atoms. The van der Waals surface area contributed by atoms with E-state index < -0.39 is 5.97 Å². The van der Waals surface area contributed by atoms with Gasteiger partial charge in [0.2, 0.25) is 0 Å². The van der Waals surface area contributed by atoms with E-state index in [0.717, 1.165) is 12.8 Å². The Kier molecular flexibility index (Phi) is 14.8. The first-order chi connectivity index (χ1) is 13.2. The van der Waals surface area contributed by atoms with E-state index in [9.17, 15) is 4.79 Å². The van der Waals surface area contributed by atoms with Crippen LogP contribution in [0.2, 0.25) is 0 Å². The molecule has 1 rings (SSSR count). The van der Waals surface area contributed by atoms with Gasteiger partial charge in [-0.15, -0.1) is 0 Å². The molecule has 0 heterocycles. The largest absolute Gasteiger partial charge is 0.481 e. The molecule has 0 spiro atoms. The van der Waals surface area contributed by atoms with Crippen LogP contribution in [0.15, 0.2) is 30.3 Å². The quantitative estimate of drug-likeness (QED) is 0.266. The van der Waals surface area contributed by atoms with Crippen LogP contribution in [0.5, 0.6) is 0 Å². The summed E-state index contributed by atoms with van der Waals surface area (Å²) < 4.78 is 0. The van der Waals surface area contributed by atoms with Crippen molar-refractivity contribution in [1.29, 1.82) is 0 Å². The summed E-state index contributed by atoms with van der Waals surface area (Å²) in [7, 11) is 0. The lowest BCUT2D eigenvalue weighted by Gasteiger charge is -2.06. The summed E-state index contributed by atoms with van der Waals surface area (Å²) in [6, 6.07) is 10.8. The van der Waals surface area contributed by atoms with E-state index >= 15 is 0 Å². The van der Waals surface area contributed by atoms with Crippen LogP contribution in [-0.2, 0) is 11.2 Å². The number of carbonyl (C=O) groups is 1. The van der Waals surface area contributed by atoms with Crippen LogP contribution >= 0.6 is 0 Å². The highest BCUT2D eigenvalue weighted by Crippen LogP contribution is 2.15. The summed E-state index contributed by atoms with van der Waals surface area (Å²) in [4.78, 5) is 10.7. The zero-order chi connectivity index (χ0) is 19.6. The number of carboxylic acid groups (broad SMARTS) is 1. The molecular formula is C25H42O2. The minimum absolute atomic E-state index is 0.172. The van der Waals surface area contributed by atoms with Gasteiger partial charge in [-0.2, -0.15) is 0 Å². The van der Waals surface area contributed by atoms with E-state index in [2.05, 4.69) is 30.3 Å². The Morgan fingerprint density at radius 3 is 1.56 bits per heavy atom. The van der Waals surface area contributed by atoms with Crippen LogP contribution in [0.4, 0.5) is 0 Å².